The number of unbranched alkanes of at least 4 members (excludes halogenated alkanes) is 1. The van der Waals surface area contributed by atoms with Crippen LogP contribution in [0.25, 0.3) is 0 Å². The molecular formula is C16H28N2O3. The summed E-state index contributed by atoms with van der Waals surface area (Å²) in [6, 6.07) is 4.01. The van der Waals surface area contributed by atoms with Gasteiger partial charge in [0.15, 0.2) is 0 Å². The number of ether oxygens (including phenoxy) is 3. The molecule has 0 atom stereocenters. The number of aromatic nitrogens is 1. The zero-order chi connectivity index (χ0) is 15.0. The minimum atomic E-state index is 0.626. The van der Waals surface area contributed by atoms with Crippen LogP contribution in [0.1, 0.15) is 25.3 Å². The highest BCUT2D eigenvalue weighted by Crippen LogP contribution is 1.94. The number of nitrogens with one attached hydrogen (secondary N) is 1. The third-order valence-corrected chi connectivity index (χ3v) is 2.89. The van der Waals surface area contributed by atoms with Gasteiger partial charge >= 0.3 is 0 Å². The summed E-state index contributed by atoms with van der Waals surface area (Å²) in [4.78, 5) is 3.98. The Morgan fingerprint density at radius 3 is 2.19 bits per heavy atom. The van der Waals surface area contributed by atoms with Gasteiger partial charge in [-0.2, -0.15) is 0 Å². The smallest absolute Gasteiger partial charge is 0.0701 e. The molecule has 0 aliphatic rings. The normalized spacial score (nSPS) is 10.9. The molecule has 0 bridgehead atoms. The number of pyridine rings is 1. The monoisotopic (exact) mass is 296 g/mol. The fourth-order valence-electron chi connectivity index (χ4n) is 1.67. The molecule has 1 aromatic rings. The van der Waals surface area contributed by atoms with Gasteiger partial charge in [-0.1, -0.05) is 13.3 Å². The van der Waals surface area contributed by atoms with Gasteiger partial charge in [0.2, 0.25) is 0 Å². The summed E-state index contributed by atoms with van der Waals surface area (Å²) in [6.45, 7) is 7.94. The Hall–Kier alpha value is -1.01. The van der Waals surface area contributed by atoms with Crippen molar-refractivity contribution in [3.8, 4) is 0 Å². The fourth-order valence-corrected chi connectivity index (χ4v) is 1.67. The molecule has 0 saturated heterocycles. The van der Waals surface area contributed by atoms with Gasteiger partial charge < -0.3 is 19.5 Å². The first-order valence-corrected chi connectivity index (χ1v) is 7.76. The summed E-state index contributed by atoms with van der Waals surface area (Å²) in [6.07, 6.45) is 5.90. The molecule has 1 N–H and O–H groups in total. The summed E-state index contributed by atoms with van der Waals surface area (Å²) < 4.78 is 16.3. The van der Waals surface area contributed by atoms with E-state index in [2.05, 4.69) is 17.2 Å². The van der Waals surface area contributed by atoms with Crippen molar-refractivity contribution < 1.29 is 14.2 Å². The number of hydrogen-bond donors (Lipinski definition) is 1. The van der Waals surface area contributed by atoms with E-state index < -0.39 is 0 Å². The highest BCUT2D eigenvalue weighted by molar-refractivity contribution is 5.08. The van der Waals surface area contributed by atoms with Crippen LogP contribution in [-0.4, -0.2) is 51.2 Å². The molecule has 0 spiro atoms. The molecule has 0 fully saturated rings. The minimum Gasteiger partial charge on any atom is -0.379 e. The molecule has 1 rings (SSSR count). The lowest BCUT2D eigenvalue weighted by Gasteiger charge is -2.07. The van der Waals surface area contributed by atoms with Crippen molar-refractivity contribution in [2.45, 2.75) is 26.3 Å². The largest absolute Gasteiger partial charge is 0.379 e. The lowest BCUT2D eigenvalue weighted by Crippen LogP contribution is -2.20. The topological polar surface area (TPSA) is 52.6 Å². The first-order valence-electron chi connectivity index (χ1n) is 7.76. The van der Waals surface area contributed by atoms with Crippen LogP contribution in [0.2, 0.25) is 0 Å². The Morgan fingerprint density at radius 2 is 1.52 bits per heavy atom. The van der Waals surface area contributed by atoms with E-state index in [-0.39, 0.29) is 0 Å². The summed E-state index contributed by atoms with van der Waals surface area (Å²) in [5.41, 5.74) is 1.23. The van der Waals surface area contributed by atoms with Crippen molar-refractivity contribution in [3.63, 3.8) is 0 Å². The van der Waals surface area contributed by atoms with Crippen molar-refractivity contribution in [2.24, 2.45) is 0 Å². The standard InChI is InChI=1S/C16H28N2O3/c1-2-3-9-19-11-13-21-14-12-20-10-8-18-15-16-4-6-17-7-5-16/h4-7,18H,2-3,8-15H2,1H3. The molecule has 0 aliphatic heterocycles. The first kappa shape index (κ1) is 18.0. The Kier molecular flexibility index (Phi) is 12.0. The molecule has 0 aromatic carbocycles. The van der Waals surface area contributed by atoms with Crippen LogP contribution in [0.15, 0.2) is 24.5 Å². The third-order valence-electron chi connectivity index (χ3n) is 2.89. The molecule has 5 heteroatoms. The zero-order valence-corrected chi connectivity index (χ0v) is 13.1. The van der Waals surface area contributed by atoms with E-state index in [0.29, 0.717) is 33.0 Å². The van der Waals surface area contributed by atoms with Crippen LogP contribution in [0.4, 0.5) is 0 Å². The van der Waals surface area contributed by atoms with E-state index in [1.54, 1.807) is 12.4 Å². The molecule has 0 saturated carbocycles. The van der Waals surface area contributed by atoms with Crippen molar-refractivity contribution >= 4 is 0 Å². The number of rotatable bonds is 14. The van der Waals surface area contributed by atoms with E-state index in [4.69, 9.17) is 14.2 Å². The Morgan fingerprint density at radius 1 is 0.905 bits per heavy atom. The van der Waals surface area contributed by atoms with Gasteiger partial charge in [-0.3, -0.25) is 4.98 Å². The summed E-state index contributed by atoms with van der Waals surface area (Å²) in [5.74, 6) is 0. The third kappa shape index (κ3) is 11.3. The Labute approximate surface area is 128 Å². The molecule has 0 radical (unpaired) electrons. The quantitative estimate of drug-likeness (QED) is 0.532. The Balaban J connectivity index is 1.75. The zero-order valence-electron chi connectivity index (χ0n) is 13.1. The van der Waals surface area contributed by atoms with Crippen molar-refractivity contribution in [1.82, 2.24) is 10.3 Å². The predicted octanol–water partition coefficient (Wildman–Crippen LogP) is 2.02. The van der Waals surface area contributed by atoms with Crippen LogP contribution in [0, 0.1) is 0 Å². The fraction of sp³-hybridized carbons (Fsp3) is 0.688. The van der Waals surface area contributed by atoms with Crippen molar-refractivity contribution in [3.05, 3.63) is 30.1 Å². The van der Waals surface area contributed by atoms with Crippen LogP contribution < -0.4 is 5.32 Å². The van der Waals surface area contributed by atoms with Crippen molar-refractivity contribution in [1.29, 1.82) is 0 Å². The molecule has 21 heavy (non-hydrogen) atoms. The number of hydrogen-bond acceptors (Lipinski definition) is 5. The summed E-state index contributed by atoms with van der Waals surface area (Å²) in [7, 11) is 0. The minimum absolute atomic E-state index is 0.626. The lowest BCUT2D eigenvalue weighted by molar-refractivity contribution is 0.0146. The van der Waals surface area contributed by atoms with Crippen LogP contribution in [0.5, 0.6) is 0 Å². The van der Waals surface area contributed by atoms with Gasteiger partial charge in [0.05, 0.1) is 33.0 Å². The second kappa shape index (κ2) is 13.9. The first-order chi connectivity index (χ1) is 10.4. The van der Waals surface area contributed by atoms with Gasteiger partial charge in [-0.15, -0.1) is 0 Å². The molecule has 0 unspecified atom stereocenters. The maximum atomic E-state index is 5.48. The lowest BCUT2D eigenvalue weighted by atomic mass is 10.3. The highest BCUT2D eigenvalue weighted by atomic mass is 16.5. The van der Waals surface area contributed by atoms with Gasteiger partial charge in [0, 0.05) is 32.1 Å². The average molecular weight is 296 g/mol. The summed E-state index contributed by atoms with van der Waals surface area (Å²) in [5, 5.41) is 3.32. The molecule has 1 aromatic heterocycles. The van der Waals surface area contributed by atoms with Gasteiger partial charge in [0.25, 0.3) is 0 Å². The van der Waals surface area contributed by atoms with Gasteiger partial charge in [0.1, 0.15) is 0 Å². The molecular weight excluding hydrogens is 268 g/mol. The Bertz CT molecular complexity index is 323. The second-order valence-electron chi connectivity index (χ2n) is 4.72. The maximum absolute atomic E-state index is 5.48. The molecule has 1 heterocycles. The molecule has 0 amide bonds. The van der Waals surface area contributed by atoms with E-state index in [1.807, 2.05) is 12.1 Å². The number of nitrogens with zero attached hydrogens (tertiary/aromatic N) is 1. The predicted molar refractivity (Wildman–Crippen MR) is 83.3 cm³/mol. The average Bonchev–Trinajstić information content (AvgIpc) is 2.53. The second-order valence-corrected chi connectivity index (χ2v) is 4.72. The van der Waals surface area contributed by atoms with Crippen molar-refractivity contribution in [2.75, 3.05) is 46.2 Å². The van der Waals surface area contributed by atoms with Crippen LogP contribution in [0.3, 0.4) is 0 Å². The van der Waals surface area contributed by atoms with E-state index in [9.17, 15) is 0 Å². The highest BCUT2D eigenvalue weighted by Gasteiger charge is 1.93. The van der Waals surface area contributed by atoms with E-state index in [0.717, 1.165) is 26.1 Å². The molecule has 120 valence electrons. The molecule has 5 nitrogen and oxygen atoms in total. The van der Waals surface area contributed by atoms with Gasteiger partial charge in [-0.25, -0.2) is 0 Å². The summed E-state index contributed by atoms with van der Waals surface area (Å²) >= 11 is 0. The van der Waals surface area contributed by atoms with Crippen LogP contribution >= 0.6 is 0 Å². The molecule has 0 aliphatic carbocycles. The van der Waals surface area contributed by atoms with Crippen LogP contribution in [-0.2, 0) is 20.8 Å². The van der Waals surface area contributed by atoms with E-state index in [1.165, 1.54) is 12.0 Å². The maximum Gasteiger partial charge on any atom is 0.0701 e. The van der Waals surface area contributed by atoms with Gasteiger partial charge in [-0.05, 0) is 24.1 Å². The van der Waals surface area contributed by atoms with E-state index >= 15 is 0 Å². The SMILES string of the molecule is CCCCOCCOCCOCCNCc1ccncc1.